The Labute approximate surface area is 164 Å². The lowest BCUT2D eigenvalue weighted by Crippen LogP contribution is -2.32. The summed E-state index contributed by atoms with van der Waals surface area (Å²) in [5, 5.41) is 4.15. The molecule has 144 valence electrons. The van der Waals surface area contributed by atoms with E-state index >= 15 is 0 Å². The predicted molar refractivity (Wildman–Crippen MR) is 105 cm³/mol. The summed E-state index contributed by atoms with van der Waals surface area (Å²) in [7, 11) is 1.63. The first-order valence-electron chi connectivity index (χ1n) is 9.47. The molecule has 6 nitrogen and oxygen atoms in total. The van der Waals surface area contributed by atoms with E-state index in [2.05, 4.69) is 10.1 Å². The van der Waals surface area contributed by atoms with Gasteiger partial charge in [0.2, 0.25) is 17.6 Å². The molecule has 4 rings (SSSR count). The van der Waals surface area contributed by atoms with Gasteiger partial charge in [-0.2, -0.15) is 4.98 Å². The number of likely N-dealkylation sites (tertiary alicyclic amines) is 1. The van der Waals surface area contributed by atoms with Crippen LogP contribution in [0.15, 0.2) is 53.1 Å². The maximum atomic E-state index is 12.9. The number of hydrogen-bond acceptors (Lipinski definition) is 5. The van der Waals surface area contributed by atoms with E-state index < -0.39 is 0 Å². The van der Waals surface area contributed by atoms with Gasteiger partial charge in [0.05, 0.1) is 13.5 Å². The van der Waals surface area contributed by atoms with Crippen molar-refractivity contribution in [2.45, 2.75) is 32.2 Å². The molecule has 28 heavy (non-hydrogen) atoms. The third-order valence-corrected chi connectivity index (χ3v) is 5.20. The van der Waals surface area contributed by atoms with Crippen molar-refractivity contribution in [3.05, 3.63) is 65.5 Å². The van der Waals surface area contributed by atoms with Crippen LogP contribution in [-0.2, 0) is 11.2 Å². The number of nitrogens with zero attached hydrogens (tertiary/aromatic N) is 3. The van der Waals surface area contributed by atoms with Crippen molar-refractivity contribution in [1.29, 1.82) is 0 Å². The van der Waals surface area contributed by atoms with Crippen LogP contribution in [0.2, 0.25) is 0 Å². The Morgan fingerprint density at radius 1 is 1.21 bits per heavy atom. The molecule has 1 atom stereocenters. The summed E-state index contributed by atoms with van der Waals surface area (Å²) in [6, 6.07) is 15.4. The highest BCUT2D eigenvalue weighted by molar-refractivity contribution is 5.79. The molecule has 0 spiro atoms. The number of rotatable bonds is 5. The Kier molecular flexibility index (Phi) is 5.10. The zero-order chi connectivity index (χ0) is 19.5. The van der Waals surface area contributed by atoms with E-state index in [4.69, 9.17) is 9.26 Å². The van der Waals surface area contributed by atoms with E-state index in [1.165, 1.54) is 0 Å². The van der Waals surface area contributed by atoms with Crippen molar-refractivity contribution >= 4 is 5.91 Å². The van der Waals surface area contributed by atoms with Gasteiger partial charge in [0.25, 0.3) is 0 Å². The summed E-state index contributed by atoms with van der Waals surface area (Å²) in [5.41, 5.74) is 3.00. The van der Waals surface area contributed by atoms with Crippen molar-refractivity contribution in [2.24, 2.45) is 0 Å². The monoisotopic (exact) mass is 377 g/mol. The third-order valence-electron chi connectivity index (χ3n) is 5.20. The van der Waals surface area contributed by atoms with Gasteiger partial charge in [-0.25, -0.2) is 0 Å². The first-order chi connectivity index (χ1) is 13.7. The van der Waals surface area contributed by atoms with Crippen molar-refractivity contribution in [2.75, 3.05) is 13.7 Å². The highest BCUT2D eigenvalue weighted by Crippen LogP contribution is 2.33. The van der Waals surface area contributed by atoms with Crippen LogP contribution in [0.25, 0.3) is 11.4 Å². The van der Waals surface area contributed by atoms with E-state index in [9.17, 15) is 4.79 Å². The minimum absolute atomic E-state index is 0.0725. The Bertz CT molecular complexity index is 965. The summed E-state index contributed by atoms with van der Waals surface area (Å²) in [6.07, 6.45) is 2.12. The number of hydrogen-bond donors (Lipinski definition) is 0. The van der Waals surface area contributed by atoms with Crippen LogP contribution < -0.4 is 4.74 Å². The fraction of sp³-hybridized carbons (Fsp3) is 0.318. The average molecular weight is 377 g/mol. The fourth-order valence-corrected chi connectivity index (χ4v) is 3.65. The minimum Gasteiger partial charge on any atom is -0.497 e. The minimum atomic E-state index is -0.156. The van der Waals surface area contributed by atoms with Crippen LogP contribution >= 0.6 is 0 Å². The summed E-state index contributed by atoms with van der Waals surface area (Å²) >= 11 is 0. The number of carbonyl (C=O) groups is 1. The molecule has 6 heteroatoms. The first kappa shape index (κ1) is 18.2. The standard InChI is InChI=1S/C22H23N3O3/c1-15-6-3-4-7-18(15)21-23-22(28-24-21)19-8-5-13-25(19)20(26)14-16-9-11-17(27-2)12-10-16/h3-4,6-7,9-12,19H,5,8,13-14H2,1-2H3/t19-/m0/s1. The molecule has 2 heterocycles. The molecule has 0 radical (unpaired) electrons. The second-order valence-corrected chi connectivity index (χ2v) is 7.04. The first-order valence-corrected chi connectivity index (χ1v) is 9.47. The number of ether oxygens (including phenoxy) is 1. The second kappa shape index (κ2) is 7.84. The van der Waals surface area contributed by atoms with Crippen LogP contribution in [0.5, 0.6) is 5.75 Å². The Hall–Kier alpha value is -3.15. The number of benzene rings is 2. The van der Waals surface area contributed by atoms with Crippen molar-refractivity contribution in [3.8, 4) is 17.1 Å². The molecular weight excluding hydrogens is 354 g/mol. The van der Waals surface area contributed by atoms with E-state index in [0.717, 1.165) is 35.3 Å². The van der Waals surface area contributed by atoms with Crippen LogP contribution in [0, 0.1) is 6.92 Å². The number of aromatic nitrogens is 2. The highest BCUT2D eigenvalue weighted by atomic mass is 16.5. The Balaban J connectivity index is 1.50. The lowest BCUT2D eigenvalue weighted by Gasteiger charge is -2.22. The van der Waals surface area contributed by atoms with Gasteiger partial charge in [0, 0.05) is 12.1 Å². The van der Waals surface area contributed by atoms with Gasteiger partial charge in [-0.3, -0.25) is 4.79 Å². The van der Waals surface area contributed by atoms with Gasteiger partial charge < -0.3 is 14.2 Å². The maximum Gasteiger partial charge on any atom is 0.249 e. The van der Waals surface area contributed by atoms with Crippen molar-refractivity contribution in [1.82, 2.24) is 15.0 Å². The SMILES string of the molecule is COc1ccc(CC(=O)N2CCC[C@H]2c2nc(-c3ccccc3C)no2)cc1. The number of carbonyl (C=O) groups excluding carboxylic acids is 1. The van der Waals surface area contributed by atoms with Crippen LogP contribution in [0.3, 0.4) is 0 Å². The molecule has 1 aliphatic rings. The lowest BCUT2D eigenvalue weighted by atomic mass is 10.1. The van der Waals surface area contributed by atoms with Crippen molar-refractivity contribution < 1.29 is 14.1 Å². The second-order valence-electron chi connectivity index (χ2n) is 7.04. The Morgan fingerprint density at radius 2 is 2.00 bits per heavy atom. The van der Waals surface area contributed by atoms with Crippen LogP contribution in [-0.4, -0.2) is 34.6 Å². The molecule has 0 N–H and O–H groups in total. The van der Waals surface area contributed by atoms with Gasteiger partial charge in [-0.15, -0.1) is 0 Å². The highest BCUT2D eigenvalue weighted by Gasteiger charge is 2.34. The van der Waals surface area contributed by atoms with E-state index in [-0.39, 0.29) is 11.9 Å². The Morgan fingerprint density at radius 3 is 2.75 bits per heavy atom. The molecule has 1 amide bonds. The molecule has 0 unspecified atom stereocenters. The van der Waals surface area contributed by atoms with E-state index in [0.29, 0.717) is 24.7 Å². The summed E-state index contributed by atoms with van der Waals surface area (Å²) in [6.45, 7) is 2.73. The summed E-state index contributed by atoms with van der Waals surface area (Å²) in [5.74, 6) is 1.94. The van der Waals surface area contributed by atoms with Crippen molar-refractivity contribution in [3.63, 3.8) is 0 Å². The maximum absolute atomic E-state index is 12.9. The molecule has 2 aromatic carbocycles. The molecule has 1 aliphatic heterocycles. The quantitative estimate of drug-likeness (QED) is 0.673. The van der Waals surface area contributed by atoms with E-state index in [1.807, 2.05) is 60.4 Å². The smallest absolute Gasteiger partial charge is 0.249 e. The van der Waals surface area contributed by atoms with Gasteiger partial charge in [0.15, 0.2) is 0 Å². The number of amides is 1. The number of methoxy groups -OCH3 is 1. The molecule has 1 saturated heterocycles. The predicted octanol–water partition coefficient (Wildman–Crippen LogP) is 3.96. The normalized spacial score (nSPS) is 16.4. The molecule has 0 bridgehead atoms. The largest absolute Gasteiger partial charge is 0.497 e. The zero-order valence-corrected chi connectivity index (χ0v) is 16.1. The zero-order valence-electron chi connectivity index (χ0n) is 16.1. The molecular formula is C22H23N3O3. The fourth-order valence-electron chi connectivity index (χ4n) is 3.65. The summed E-state index contributed by atoms with van der Waals surface area (Å²) in [4.78, 5) is 19.3. The average Bonchev–Trinajstić information content (AvgIpc) is 3.38. The van der Waals surface area contributed by atoms with Crippen LogP contribution in [0.1, 0.15) is 35.9 Å². The molecule has 1 fully saturated rings. The number of aryl methyl sites for hydroxylation is 1. The topological polar surface area (TPSA) is 68.5 Å². The van der Waals surface area contributed by atoms with Gasteiger partial charge in [-0.1, -0.05) is 41.6 Å². The lowest BCUT2D eigenvalue weighted by molar-refractivity contribution is -0.131. The van der Waals surface area contributed by atoms with Gasteiger partial charge >= 0.3 is 0 Å². The molecule has 3 aromatic rings. The summed E-state index contributed by atoms with van der Waals surface area (Å²) < 4.78 is 10.7. The molecule has 0 saturated carbocycles. The molecule has 1 aromatic heterocycles. The van der Waals surface area contributed by atoms with Gasteiger partial charge in [0.1, 0.15) is 11.8 Å². The van der Waals surface area contributed by atoms with Gasteiger partial charge in [-0.05, 0) is 43.0 Å². The van der Waals surface area contributed by atoms with Crippen LogP contribution in [0.4, 0.5) is 0 Å². The third kappa shape index (κ3) is 3.63. The molecule has 0 aliphatic carbocycles. The van der Waals surface area contributed by atoms with E-state index in [1.54, 1.807) is 7.11 Å².